The van der Waals surface area contributed by atoms with Gasteiger partial charge in [0.05, 0.1) is 25.7 Å². The van der Waals surface area contributed by atoms with Crippen molar-refractivity contribution in [2.75, 3.05) is 31.0 Å². The second kappa shape index (κ2) is 12.0. The fourth-order valence-electron chi connectivity index (χ4n) is 2.46. The van der Waals surface area contributed by atoms with Gasteiger partial charge in [-0.1, -0.05) is 0 Å². The Kier molecular flexibility index (Phi) is 9.03. The molecule has 0 aliphatic rings. The number of nitrogens with one attached hydrogen (secondary N) is 2. The molecule has 31 heavy (non-hydrogen) atoms. The third-order valence-corrected chi connectivity index (χ3v) is 3.96. The average Bonchev–Trinajstić information content (AvgIpc) is 2.78. The molecule has 0 unspecified atom stereocenters. The van der Waals surface area contributed by atoms with Crippen LogP contribution in [-0.4, -0.2) is 44.1 Å². The molecule has 0 heterocycles. The molecule has 164 valence electrons. The van der Waals surface area contributed by atoms with E-state index in [2.05, 4.69) is 15.4 Å². The van der Waals surface area contributed by atoms with E-state index in [4.69, 9.17) is 9.47 Å². The van der Waals surface area contributed by atoms with E-state index in [1.54, 1.807) is 24.3 Å². The summed E-state index contributed by atoms with van der Waals surface area (Å²) in [6.07, 6.45) is -0.243. The van der Waals surface area contributed by atoms with Crippen molar-refractivity contribution in [2.24, 2.45) is 0 Å². The number of esters is 2. The lowest BCUT2D eigenvalue weighted by Crippen LogP contribution is -2.21. The Hall–Kier alpha value is -3.88. The maximum Gasteiger partial charge on any atom is 0.337 e. The fraction of sp³-hybridized carbons (Fsp3) is 0.273. The number of benzene rings is 2. The van der Waals surface area contributed by atoms with Crippen LogP contribution in [0.15, 0.2) is 48.5 Å². The molecule has 0 aliphatic carbocycles. The van der Waals surface area contributed by atoms with Gasteiger partial charge < -0.3 is 24.8 Å². The van der Waals surface area contributed by atoms with E-state index in [9.17, 15) is 19.2 Å². The summed E-state index contributed by atoms with van der Waals surface area (Å²) in [6.45, 7) is 1.94. The van der Waals surface area contributed by atoms with Crippen LogP contribution in [0.4, 0.5) is 11.4 Å². The topological polar surface area (TPSA) is 120 Å². The maximum absolute atomic E-state index is 11.9. The van der Waals surface area contributed by atoms with Crippen LogP contribution < -0.4 is 15.4 Å². The lowest BCUT2D eigenvalue weighted by molar-refractivity contribution is -0.147. The number of anilines is 2. The van der Waals surface area contributed by atoms with Crippen molar-refractivity contribution in [3.05, 3.63) is 54.1 Å². The Balaban J connectivity index is 1.68. The molecule has 0 saturated carbocycles. The first-order valence-electron chi connectivity index (χ1n) is 9.57. The number of amides is 2. The molecule has 0 bridgehead atoms. The van der Waals surface area contributed by atoms with Crippen molar-refractivity contribution >= 4 is 35.1 Å². The van der Waals surface area contributed by atoms with Gasteiger partial charge in [-0.25, -0.2) is 4.79 Å². The minimum Gasteiger partial charge on any atom is -0.494 e. The zero-order chi connectivity index (χ0) is 22.6. The van der Waals surface area contributed by atoms with Crippen LogP contribution in [0.5, 0.6) is 5.75 Å². The van der Waals surface area contributed by atoms with Gasteiger partial charge >= 0.3 is 11.9 Å². The van der Waals surface area contributed by atoms with Crippen LogP contribution in [0.3, 0.4) is 0 Å². The quantitative estimate of drug-likeness (QED) is 0.558. The standard InChI is InChI=1S/C22H24N2O7/c1-3-30-18-10-8-17(9-11-18)23-19(25)12-13-21(27)31-14-20(26)24-16-6-4-15(5-7-16)22(28)29-2/h4-11H,3,12-14H2,1-2H3,(H,23,25)(H,24,26). The zero-order valence-corrected chi connectivity index (χ0v) is 17.3. The van der Waals surface area contributed by atoms with Crippen LogP contribution in [0.1, 0.15) is 30.1 Å². The lowest BCUT2D eigenvalue weighted by Gasteiger charge is -2.08. The van der Waals surface area contributed by atoms with E-state index in [-0.39, 0.29) is 18.7 Å². The highest BCUT2D eigenvalue weighted by atomic mass is 16.5. The number of methoxy groups -OCH3 is 1. The Labute approximate surface area is 179 Å². The minimum absolute atomic E-state index is 0.0807. The number of hydrogen-bond donors (Lipinski definition) is 2. The number of ether oxygens (including phenoxy) is 3. The Morgan fingerprint density at radius 1 is 0.806 bits per heavy atom. The minimum atomic E-state index is -0.668. The highest BCUT2D eigenvalue weighted by molar-refractivity contribution is 5.95. The molecular formula is C22H24N2O7. The molecule has 0 spiro atoms. The van der Waals surface area contributed by atoms with E-state index in [0.717, 1.165) is 0 Å². The third-order valence-electron chi connectivity index (χ3n) is 3.96. The highest BCUT2D eigenvalue weighted by Crippen LogP contribution is 2.16. The molecule has 2 amide bonds. The summed E-state index contributed by atoms with van der Waals surface area (Å²) >= 11 is 0. The Morgan fingerprint density at radius 3 is 1.97 bits per heavy atom. The number of hydrogen-bond acceptors (Lipinski definition) is 7. The predicted molar refractivity (Wildman–Crippen MR) is 113 cm³/mol. The van der Waals surface area contributed by atoms with Gasteiger partial charge in [0, 0.05) is 17.8 Å². The molecule has 0 aliphatic heterocycles. The first-order chi connectivity index (χ1) is 14.9. The predicted octanol–water partition coefficient (Wildman–Crippen LogP) is 2.77. The van der Waals surface area contributed by atoms with Crippen molar-refractivity contribution < 1.29 is 33.4 Å². The average molecular weight is 428 g/mol. The first-order valence-corrected chi connectivity index (χ1v) is 9.57. The van der Waals surface area contributed by atoms with E-state index >= 15 is 0 Å². The summed E-state index contributed by atoms with van der Waals surface area (Å²) in [5, 5.41) is 5.20. The number of carbonyl (C=O) groups excluding carboxylic acids is 4. The molecule has 2 aromatic carbocycles. The highest BCUT2D eigenvalue weighted by Gasteiger charge is 2.12. The first kappa shape index (κ1) is 23.4. The number of carbonyl (C=O) groups is 4. The number of rotatable bonds is 10. The molecule has 0 saturated heterocycles. The Morgan fingerprint density at radius 2 is 1.39 bits per heavy atom. The largest absolute Gasteiger partial charge is 0.494 e. The van der Waals surface area contributed by atoms with Gasteiger partial charge in [0.25, 0.3) is 5.91 Å². The summed E-state index contributed by atoms with van der Waals surface area (Å²) < 4.78 is 14.8. The van der Waals surface area contributed by atoms with Gasteiger partial charge in [-0.3, -0.25) is 14.4 Å². The molecule has 2 aromatic rings. The van der Waals surface area contributed by atoms with Gasteiger partial charge in [-0.2, -0.15) is 0 Å². The van der Waals surface area contributed by atoms with Crippen LogP contribution in [0.25, 0.3) is 0 Å². The van der Waals surface area contributed by atoms with Crippen molar-refractivity contribution in [2.45, 2.75) is 19.8 Å². The molecule has 9 heteroatoms. The molecule has 0 radical (unpaired) electrons. The summed E-state index contributed by atoms with van der Waals surface area (Å²) in [5.74, 6) is -1.35. The molecule has 2 rings (SSSR count). The Bertz CT molecular complexity index is 908. The molecule has 9 nitrogen and oxygen atoms in total. The second-order valence-electron chi connectivity index (χ2n) is 6.28. The molecule has 0 aromatic heterocycles. The lowest BCUT2D eigenvalue weighted by atomic mass is 10.2. The fourth-order valence-corrected chi connectivity index (χ4v) is 2.46. The van der Waals surface area contributed by atoms with Crippen LogP contribution in [0.2, 0.25) is 0 Å². The molecular weight excluding hydrogens is 404 g/mol. The molecule has 0 fully saturated rings. The summed E-state index contributed by atoms with van der Waals surface area (Å²) in [6, 6.07) is 12.9. The van der Waals surface area contributed by atoms with Crippen molar-refractivity contribution in [3.63, 3.8) is 0 Å². The van der Waals surface area contributed by atoms with Crippen molar-refractivity contribution in [1.29, 1.82) is 0 Å². The molecule has 2 N–H and O–H groups in total. The SMILES string of the molecule is CCOc1ccc(NC(=O)CCC(=O)OCC(=O)Nc2ccc(C(=O)OC)cc2)cc1. The summed E-state index contributed by atoms with van der Waals surface area (Å²) in [5.41, 5.74) is 1.36. The van der Waals surface area contributed by atoms with Gasteiger partial charge in [-0.05, 0) is 55.5 Å². The zero-order valence-electron chi connectivity index (χ0n) is 17.3. The van der Waals surface area contributed by atoms with Crippen molar-refractivity contribution in [3.8, 4) is 5.75 Å². The summed E-state index contributed by atoms with van der Waals surface area (Å²) in [7, 11) is 1.27. The summed E-state index contributed by atoms with van der Waals surface area (Å²) in [4.78, 5) is 47.0. The van der Waals surface area contributed by atoms with Crippen LogP contribution in [0, 0.1) is 0 Å². The van der Waals surface area contributed by atoms with Crippen molar-refractivity contribution in [1.82, 2.24) is 0 Å². The monoisotopic (exact) mass is 428 g/mol. The third kappa shape index (κ3) is 8.17. The van der Waals surface area contributed by atoms with Gasteiger partial charge in [0.15, 0.2) is 6.61 Å². The van der Waals surface area contributed by atoms with Gasteiger partial charge in [-0.15, -0.1) is 0 Å². The van der Waals surface area contributed by atoms with E-state index < -0.39 is 24.5 Å². The second-order valence-corrected chi connectivity index (χ2v) is 6.28. The van der Waals surface area contributed by atoms with E-state index in [1.807, 2.05) is 6.92 Å². The van der Waals surface area contributed by atoms with Gasteiger partial charge in [0.2, 0.25) is 5.91 Å². The maximum atomic E-state index is 11.9. The van der Waals surface area contributed by atoms with E-state index in [0.29, 0.717) is 29.3 Å². The van der Waals surface area contributed by atoms with Crippen LogP contribution >= 0.6 is 0 Å². The van der Waals surface area contributed by atoms with E-state index in [1.165, 1.54) is 31.4 Å². The van der Waals surface area contributed by atoms with Gasteiger partial charge in [0.1, 0.15) is 5.75 Å². The normalized spacial score (nSPS) is 10.0. The smallest absolute Gasteiger partial charge is 0.337 e. The van der Waals surface area contributed by atoms with Crippen LogP contribution in [-0.2, 0) is 23.9 Å². The molecule has 0 atom stereocenters.